The molecule has 1 N–H and O–H groups in total. The van der Waals surface area contributed by atoms with Crippen LogP contribution in [0.4, 0.5) is 4.39 Å². The molecule has 2 nitrogen and oxygen atoms in total. The third-order valence-electron chi connectivity index (χ3n) is 5.33. The van der Waals surface area contributed by atoms with Crippen LogP contribution in [-0.2, 0) is 4.74 Å². The highest BCUT2D eigenvalue weighted by Gasteiger charge is 2.44. The molecule has 1 aliphatic carbocycles. The van der Waals surface area contributed by atoms with Crippen molar-refractivity contribution in [2.24, 2.45) is 5.41 Å². The van der Waals surface area contributed by atoms with Crippen molar-refractivity contribution in [2.45, 2.75) is 44.1 Å². The van der Waals surface area contributed by atoms with Gasteiger partial charge >= 0.3 is 0 Å². The van der Waals surface area contributed by atoms with Crippen LogP contribution in [0.15, 0.2) is 24.3 Å². The second-order valence-electron chi connectivity index (χ2n) is 6.37. The Bertz CT molecular complexity index is 443. The van der Waals surface area contributed by atoms with Crippen molar-refractivity contribution >= 4 is 0 Å². The number of piperidine rings is 1. The van der Waals surface area contributed by atoms with Crippen molar-refractivity contribution < 1.29 is 9.13 Å². The van der Waals surface area contributed by atoms with E-state index in [-0.39, 0.29) is 5.82 Å². The van der Waals surface area contributed by atoms with E-state index in [0.29, 0.717) is 17.4 Å². The monoisotopic (exact) mass is 277 g/mol. The molecule has 2 aliphatic rings. The molecule has 3 atom stereocenters. The Balaban J connectivity index is 1.88. The number of methoxy groups -OCH3 is 1. The number of benzene rings is 1. The Morgan fingerprint density at radius 1 is 1.25 bits per heavy atom. The molecule has 1 heterocycles. The molecular weight excluding hydrogens is 253 g/mol. The fourth-order valence-electron chi connectivity index (χ4n) is 4.23. The highest BCUT2D eigenvalue weighted by molar-refractivity contribution is 5.25. The van der Waals surface area contributed by atoms with Crippen molar-refractivity contribution in [1.82, 2.24) is 5.32 Å². The fourth-order valence-corrected chi connectivity index (χ4v) is 4.23. The molecule has 20 heavy (non-hydrogen) atoms. The van der Waals surface area contributed by atoms with E-state index in [0.717, 1.165) is 19.5 Å². The molecular formula is C17H24FNO. The molecule has 1 saturated heterocycles. The van der Waals surface area contributed by atoms with Crippen LogP contribution in [-0.4, -0.2) is 26.3 Å². The molecule has 1 aromatic carbocycles. The average molecular weight is 277 g/mol. The first kappa shape index (κ1) is 14.0. The van der Waals surface area contributed by atoms with Gasteiger partial charge < -0.3 is 10.1 Å². The highest BCUT2D eigenvalue weighted by atomic mass is 19.1. The second-order valence-corrected chi connectivity index (χ2v) is 6.37. The lowest BCUT2D eigenvalue weighted by Crippen LogP contribution is -2.47. The number of hydrogen-bond donors (Lipinski definition) is 1. The molecule has 0 radical (unpaired) electrons. The zero-order chi connectivity index (χ0) is 14.0. The van der Waals surface area contributed by atoms with Crippen LogP contribution in [0.25, 0.3) is 0 Å². The summed E-state index contributed by atoms with van der Waals surface area (Å²) in [6.45, 7) is 2.09. The molecule has 1 saturated carbocycles. The van der Waals surface area contributed by atoms with E-state index in [1.165, 1.54) is 31.2 Å². The first-order valence-electron chi connectivity index (χ1n) is 7.72. The average Bonchev–Trinajstić information content (AvgIpc) is 2.49. The van der Waals surface area contributed by atoms with Crippen molar-refractivity contribution in [2.75, 3.05) is 20.2 Å². The summed E-state index contributed by atoms with van der Waals surface area (Å²) in [5, 5.41) is 3.52. The van der Waals surface area contributed by atoms with E-state index in [2.05, 4.69) is 5.32 Å². The number of halogens is 1. The van der Waals surface area contributed by atoms with Gasteiger partial charge in [0.15, 0.2) is 0 Å². The van der Waals surface area contributed by atoms with Gasteiger partial charge in [0.25, 0.3) is 0 Å². The first-order chi connectivity index (χ1) is 9.73. The van der Waals surface area contributed by atoms with Crippen LogP contribution in [0.1, 0.15) is 43.6 Å². The summed E-state index contributed by atoms with van der Waals surface area (Å²) in [5.41, 5.74) is 1.61. The molecule has 0 bridgehead atoms. The predicted molar refractivity (Wildman–Crippen MR) is 78.3 cm³/mol. The van der Waals surface area contributed by atoms with E-state index in [1.807, 2.05) is 19.2 Å². The van der Waals surface area contributed by atoms with Crippen LogP contribution in [0, 0.1) is 11.2 Å². The Morgan fingerprint density at radius 3 is 2.80 bits per heavy atom. The number of ether oxygens (including phenoxy) is 1. The van der Waals surface area contributed by atoms with Crippen molar-refractivity contribution in [3.8, 4) is 0 Å². The minimum Gasteiger partial charge on any atom is -0.381 e. The molecule has 0 aromatic heterocycles. The maximum absolute atomic E-state index is 13.2. The van der Waals surface area contributed by atoms with Crippen LogP contribution in [0.2, 0.25) is 0 Å². The molecule has 3 rings (SSSR count). The molecule has 2 fully saturated rings. The summed E-state index contributed by atoms with van der Waals surface area (Å²) in [5.74, 6) is 0.333. The third kappa shape index (κ3) is 2.61. The largest absolute Gasteiger partial charge is 0.381 e. The van der Waals surface area contributed by atoms with Gasteiger partial charge in [-0.15, -0.1) is 0 Å². The maximum Gasteiger partial charge on any atom is 0.123 e. The Hall–Kier alpha value is -0.930. The predicted octanol–water partition coefficient (Wildman–Crippen LogP) is 3.48. The SMILES string of the molecule is COC1CCCC2(CCNCC2c2ccc(F)cc2)C1. The molecule has 3 unspecified atom stereocenters. The lowest BCUT2D eigenvalue weighted by atomic mass is 9.60. The lowest BCUT2D eigenvalue weighted by molar-refractivity contribution is -0.0122. The standard InChI is InChI=1S/C17H24FNO/c1-20-15-3-2-8-17(11-15)9-10-19-12-16(17)13-4-6-14(18)7-5-13/h4-7,15-16,19H,2-3,8-12H2,1H3. The number of rotatable bonds is 2. The van der Waals surface area contributed by atoms with E-state index in [1.54, 1.807) is 12.1 Å². The van der Waals surface area contributed by atoms with E-state index >= 15 is 0 Å². The third-order valence-corrected chi connectivity index (χ3v) is 5.33. The molecule has 0 amide bonds. The fraction of sp³-hybridized carbons (Fsp3) is 0.647. The Morgan fingerprint density at radius 2 is 2.05 bits per heavy atom. The van der Waals surface area contributed by atoms with Gasteiger partial charge in [-0.3, -0.25) is 0 Å². The van der Waals surface area contributed by atoms with Crippen LogP contribution >= 0.6 is 0 Å². The molecule has 1 aliphatic heterocycles. The quantitative estimate of drug-likeness (QED) is 0.893. The van der Waals surface area contributed by atoms with Gasteiger partial charge in [0.1, 0.15) is 5.82 Å². The second kappa shape index (κ2) is 5.82. The van der Waals surface area contributed by atoms with Crippen LogP contribution in [0.3, 0.4) is 0 Å². The lowest BCUT2D eigenvalue weighted by Gasteiger charge is -2.49. The van der Waals surface area contributed by atoms with Crippen LogP contribution < -0.4 is 5.32 Å². The normalized spacial score (nSPS) is 34.3. The van der Waals surface area contributed by atoms with Crippen molar-refractivity contribution in [1.29, 1.82) is 0 Å². The molecule has 3 heteroatoms. The molecule has 1 spiro atoms. The Kier molecular flexibility index (Phi) is 4.08. The van der Waals surface area contributed by atoms with Gasteiger partial charge in [0.05, 0.1) is 6.10 Å². The maximum atomic E-state index is 13.2. The highest BCUT2D eigenvalue weighted by Crippen LogP contribution is 2.51. The van der Waals surface area contributed by atoms with E-state index in [4.69, 9.17) is 4.74 Å². The zero-order valence-electron chi connectivity index (χ0n) is 12.2. The van der Waals surface area contributed by atoms with Crippen molar-refractivity contribution in [3.63, 3.8) is 0 Å². The van der Waals surface area contributed by atoms with Gasteiger partial charge in [-0.1, -0.05) is 18.6 Å². The number of hydrogen-bond acceptors (Lipinski definition) is 2. The minimum atomic E-state index is -0.148. The van der Waals surface area contributed by atoms with Gasteiger partial charge in [-0.25, -0.2) is 4.39 Å². The summed E-state index contributed by atoms with van der Waals surface area (Å²) in [7, 11) is 1.83. The summed E-state index contributed by atoms with van der Waals surface area (Å²) in [6.07, 6.45) is 6.45. The zero-order valence-corrected chi connectivity index (χ0v) is 12.2. The van der Waals surface area contributed by atoms with E-state index in [9.17, 15) is 4.39 Å². The van der Waals surface area contributed by atoms with Gasteiger partial charge in [0, 0.05) is 19.6 Å². The van der Waals surface area contributed by atoms with Gasteiger partial charge in [-0.05, 0) is 55.3 Å². The summed E-state index contributed by atoms with van der Waals surface area (Å²) in [4.78, 5) is 0. The first-order valence-corrected chi connectivity index (χ1v) is 7.72. The van der Waals surface area contributed by atoms with Gasteiger partial charge in [0.2, 0.25) is 0 Å². The van der Waals surface area contributed by atoms with Crippen LogP contribution in [0.5, 0.6) is 0 Å². The summed E-state index contributed by atoms with van der Waals surface area (Å²) in [6, 6.07) is 7.11. The van der Waals surface area contributed by atoms with Gasteiger partial charge in [-0.2, -0.15) is 0 Å². The molecule has 110 valence electrons. The Labute approximate surface area is 120 Å². The molecule has 1 aromatic rings. The van der Waals surface area contributed by atoms with Crippen molar-refractivity contribution in [3.05, 3.63) is 35.6 Å². The number of nitrogens with one attached hydrogen (secondary N) is 1. The minimum absolute atomic E-state index is 0.148. The summed E-state index contributed by atoms with van der Waals surface area (Å²) >= 11 is 0. The summed E-state index contributed by atoms with van der Waals surface area (Å²) < 4.78 is 18.8. The smallest absolute Gasteiger partial charge is 0.123 e. The topological polar surface area (TPSA) is 21.3 Å². The van der Waals surface area contributed by atoms with E-state index < -0.39 is 0 Å².